The number of piperidine rings is 1. The van der Waals surface area contributed by atoms with Gasteiger partial charge in [-0.1, -0.05) is 18.5 Å². The molecule has 1 N–H and O–H groups in total. The third-order valence-corrected chi connectivity index (χ3v) is 3.21. The Kier molecular flexibility index (Phi) is 4.36. The summed E-state index contributed by atoms with van der Waals surface area (Å²) in [7, 11) is 0. The van der Waals surface area contributed by atoms with Crippen LogP contribution in [0.2, 0.25) is 5.15 Å². The van der Waals surface area contributed by atoms with E-state index in [1.54, 1.807) is 6.20 Å². The molecule has 0 radical (unpaired) electrons. The molecule has 1 unspecified atom stereocenters. The zero-order valence-corrected chi connectivity index (χ0v) is 11.2. The number of rotatable bonds is 3. The highest BCUT2D eigenvalue weighted by Crippen LogP contribution is 2.18. The number of hydrogen-bond acceptors (Lipinski definition) is 4. The lowest BCUT2D eigenvalue weighted by Gasteiger charge is -2.33. The quantitative estimate of drug-likeness (QED) is 0.905. The molecule has 5 nitrogen and oxygen atoms in total. The van der Waals surface area contributed by atoms with Crippen molar-refractivity contribution in [1.29, 1.82) is 0 Å². The largest absolute Gasteiger partial charge is 0.353 e. The molecular formula is C12H17ClN4O. The van der Waals surface area contributed by atoms with Crippen LogP contribution in [-0.2, 0) is 4.79 Å². The van der Waals surface area contributed by atoms with Crippen LogP contribution < -0.4 is 10.2 Å². The monoisotopic (exact) mass is 268 g/mol. The lowest BCUT2D eigenvalue weighted by atomic mass is 10.1. The molecule has 0 spiro atoms. The average molecular weight is 269 g/mol. The molecule has 0 bridgehead atoms. The van der Waals surface area contributed by atoms with Crippen LogP contribution in [0.5, 0.6) is 0 Å². The van der Waals surface area contributed by atoms with Gasteiger partial charge in [-0.15, -0.1) is 0 Å². The van der Waals surface area contributed by atoms with E-state index in [9.17, 15) is 4.79 Å². The van der Waals surface area contributed by atoms with Crippen molar-refractivity contribution in [3.05, 3.63) is 17.5 Å². The van der Waals surface area contributed by atoms with E-state index in [0.717, 1.165) is 31.7 Å². The summed E-state index contributed by atoms with van der Waals surface area (Å²) < 4.78 is 0. The number of nitrogens with one attached hydrogen (secondary N) is 1. The van der Waals surface area contributed by atoms with Crippen molar-refractivity contribution < 1.29 is 4.79 Å². The molecule has 0 aromatic carbocycles. The van der Waals surface area contributed by atoms with Crippen LogP contribution in [-0.4, -0.2) is 35.0 Å². The van der Waals surface area contributed by atoms with Crippen molar-refractivity contribution in [2.75, 3.05) is 18.0 Å². The van der Waals surface area contributed by atoms with E-state index in [1.807, 2.05) is 6.92 Å². The molecule has 1 aliphatic rings. The van der Waals surface area contributed by atoms with Gasteiger partial charge in [0.25, 0.3) is 0 Å². The highest BCUT2D eigenvalue weighted by molar-refractivity contribution is 6.29. The molecule has 1 amide bonds. The maximum absolute atomic E-state index is 11.4. The summed E-state index contributed by atoms with van der Waals surface area (Å²) in [6, 6.07) is 0.187. The Morgan fingerprint density at radius 2 is 2.44 bits per heavy atom. The molecule has 98 valence electrons. The molecule has 0 aliphatic carbocycles. The van der Waals surface area contributed by atoms with Gasteiger partial charge in [0.05, 0.1) is 12.4 Å². The third-order valence-electron chi connectivity index (χ3n) is 3.02. The van der Waals surface area contributed by atoms with Crippen LogP contribution in [0.4, 0.5) is 5.82 Å². The second-order valence-corrected chi connectivity index (χ2v) is 4.79. The first-order valence-corrected chi connectivity index (χ1v) is 6.58. The topological polar surface area (TPSA) is 58.1 Å². The van der Waals surface area contributed by atoms with Crippen molar-refractivity contribution in [2.45, 2.75) is 32.2 Å². The number of amides is 1. The molecule has 0 saturated carbocycles. The van der Waals surface area contributed by atoms with Gasteiger partial charge in [-0.3, -0.25) is 9.78 Å². The van der Waals surface area contributed by atoms with Gasteiger partial charge in [0, 0.05) is 25.6 Å². The van der Waals surface area contributed by atoms with E-state index in [2.05, 4.69) is 20.2 Å². The van der Waals surface area contributed by atoms with Gasteiger partial charge >= 0.3 is 0 Å². The maximum Gasteiger partial charge on any atom is 0.219 e. The van der Waals surface area contributed by atoms with Crippen molar-refractivity contribution in [3.8, 4) is 0 Å². The van der Waals surface area contributed by atoms with E-state index < -0.39 is 0 Å². The number of nitrogens with zero attached hydrogens (tertiary/aromatic N) is 3. The van der Waals surface area contributed by atoms with Crippen LogP contribution in [0.1, 0.15) is 26.2 Å². The standard InChI is InChI=1S/C12H17ClN4O/c1-2-12(18)15-9-4-3-5-17(8-9)11-7-14-6-10(13)16-11/h6-7,9H,2-5,8H2,1H3,(H,15,18). The lowest BCUT2D eigenvalue weighted by molar-refractivity contribution is -0.121. The first-order chi connectivity index (χ1) is 8.69. The van der Waals surface area contributed by atoms with Crippen LogP contribution in [0.25, 0.3) is 0 Å². The Morgan fingerprint density at radius 1 is 1.61 bits per heavy atom. The summed E-state index contributed by atoms with van der Waals surface area (Å²) in [5, 5.41) is 3.42. The number of halogens is 1. The minimum Gasteiger partial charge on any atom is -0.353 e. The Labute approximate surface area is 112 Å². The van der Waals surface area contributed by atoms with Crippen LogP contribution in [0.15, 0.2) is 12.4 Å². The Hall–Kier alpha value is -1.36. The zero-order valence-electron chi connectivity index (χ0n) is 10.4. The number of hydrogen-bond donors (Lipinski definition) is 1. The summed E-state index contributed by atoms with van der Waals surface area (Å²) in [5.74, 6) is 0.872. The smallest absolute Gasteiger partial charge is 0.219 e. The van der Waals surface area contributed by atoms with E-state index in [0.29, 0.717) is 11.6 Å². The van der Waals surface area contributed by atoms with Gasteiger partial charge in [0.1, 0.15) is 11.0 Å². The van der Waals surface area contributed by atoms with Gasteiger partial charge < -0.3 is 10.2 Å². The summed E-state index contributed by atoms with van der Waals surface area (Å²) in [4.78, 5) is 21.8. The second-order valence-electron chi connectivity index (χ2n) is 4.41. The van der Waals surface area contributed by atoms with E-state index >= 15 is 0 Å². The molecule has 1 aliphatic heterocycles. The van der Waals surface area contributed by atoms with Gasteiger partial charge in [-0.2, -0.15) is 0 Å². The molecule has 1 aromatic heterocycles. The van der Waals surface area contributed by atoms with Crippen molar-refractivity contribution >= 4 is 23.3 Å². The first kappa shape index (κ1) is 13.1. The predicted molar refractivity (Wildman–Crippen MR) is 70.7 cm³/mol. The average Bonchev–Trinajstić information content (AvgIpc) is 2.39. The molecule has 1 atom stereocenters. The predicted octanol–water partition coefficient (Wildman–Crippen LogP) is 1.62. The molecule has 18 heavy (non-hydrogen) atoms. The van der Waals surface area contributed by atoms with E-state index in [4.69, 9.17) is 11.6 Å². The highest BCUT2D eigenvalue weighted by atomic mass is 35.5. The molecule has 1 aromatic rings. The van der Waals surface area contributed by atoms with Gasteiger partial charge in [-0.05, 0) is 12.8 Å². The minimum atomic E-state index is 0.0963. The highest BCUT2D eigenvalue weighted by Gasteiger charge is 2.22. The lowest BCUT2D eigenvalue weighted by Crippen LogP contribution is -2.48. The van der Waals surface area contributed by atoms with Gasteiger partial charge in [-0.25, -0.2) is 4.98 Å². The van der Waals surface area contributed by atoms with Crippen molar-refractivity contribution in [3.63, 3.8) is 0 Å². The van der Waals surface area contributed by atoms with Crippen LogP contribution in [0, 0.1) is 0 Å². The Bertz CT molecular complexity index is 426. The summed E-state index contributed by atoms with van der Waals surface area (Å²) >= 11 is 5.84. The molecule has 2 heterocycles. The Balaban J connectivity index is 2.00. The van der Waals surface area contributed by atoms with E-state index in [-0.39, 0.29) is 11.9 Å². The number of aromatic nitrogens is 2. The van der Waals surface area contributed by atoms with Gasteiger partial charge in [0.15, 0.2) is 0 Å². The van der Waals surface area contributed by atoms with Crippen molar-refractivity contribution in [2.24, 2.45) is 0 Å². The molecule has 6 heteroatoms. The number of carbonyl (C=O) groups is 1. The normalized spacial score (nSPS) is 19.7. The fourth-order valence-corrected chi connectivity index (χ4v) is 2.26. The molecule has 1 fully saturated rings. The fraction of sp³-hybridized carbons (Fsp3) is 0.583. The Morgan fingerprint density at radius 3 is 3.17 bits per heavy atom. The number of carbonyl (C=O) groups excluding carboxylic acids is 1. The third kappa shape index (κ3) is 3.32. The second kappa shape index (κ2) is 6.00. The molecule has 1 saturated heterocycles. The summed E-state index contributed by atoms with van der Waals surface area (Å²) in [6.45, 7) is 3.55. The minimum absolute atomic E-state index is 0.0963. The molecular weight excluding hydrogens is 252 g/mol. The summed E-state index contributed by atoms with van der Waals surface area (Å²) in [6.07, 6.45) is 5.79. The van der Waals surface area contributed by atoms with Crippen LogP contribution >= 0.6 is 11.6 Å². The number of anilines is 1. The maximum atomic E-state index is 11.4. The molecule has 2 rings (SSSR count). The fourth-order valence-electron chi connectivity index (χ4n) is 2.12. The SMILES string of the molecule is CCC(=O)NC1CCCN(c2cncc(Cl)n2)C1. The summed E-state index contributed by atoms with van der Waals surface area (Å²) in [5.41, 5.74) is 0. The van der Waals surface area contributed by atoms with Crippen LogP contribution in [0.3, 0.4) is 0 Å². The van der Waals surface area contributed by atoms with Gasteiger partial charge in [0.2, 0.25) is 5.91 Å². The zero-order chi connectivity index (χ0) is 13.0. The first-order valence-electron chi connectivity index (χ1n) is 6.21. The van der Waals surface area contributed by atoms with Crippen molar-refractivity contribution in [1.82, 2.24) is 15.3 Å². The van der Waals surface area contributed by atoms with E-state index in [1.165, 1.54) is 6.20 Å².